The summed E-state index contributed by atoms with van der Waals surface area (Å²) in [5.74, 6) is -0.209. The van der Waals surface area contributed by atoms with Gasteiger partial charge in [0.2, 0.25) is 0 Å². The fraction of sp³-hybridized carbons (Fsp3) is 0. The Kier molecular flexibility index (Phi) is 11.2. The molecule has 0 aliphatic rings. The summed E-state index contributed by atoms with van der Waals surface area (Å²) in [4.78, 5) is 0. The Labute approximate surface area is 92.3 Å². The molecule has 0 atom stereocenters. The van der Waals surface area contributed by atoms with E-state index in [4.69, 9.17) is 15.1 Å². The first-order valence-electron chi connectivity index (χ1n) is 2.78. The molecule has 3 N–H and O–H groups in total. The molecule has 0 unspecified atom stereocenters. The van der Waals surface area contributed by atoms with Crippen molar-refractivity contribution in [2.24, 2.45) is 0 Å². The van der Waals surface area contributed by atoms with Gasteiger partial charge in [-0.3, -0.25) is 0 Å². The Hall–Kier alpha value is 0.0949. The summed E-state index contributed by atoms with van der Waals surface area (Å²) >= 11 is 0. The molecule has 0 fully saturated rings. The van der Waals surface area contributed by atoms with E-state index in [0.29, 0.717) is 0 Å². The molecule has 0 aliphatic heterocycles. The van der Waals surface area contributed by atoms with Crippen molar-refractivity contribution < 1.29 is 49.0 Å². The van der Waals surface area contributed by atoms with E-state index in [0.717, 1.165) is 0 Å². The van der Waals surface area contributed by atoms with Crippen LogP contribution in [-0.2, 0) is 0 Å². The zero-order chi connectivity index (χ0) is 8.69. The van der Waals surface area contributed by atoms with Gasteiger partial charge in [0.25, 0.3) is 0 Å². The van der Waals surface area contributed by atoms with Crippen LogP contribution in [0.25, 0.3) is 0 Å². The van der Waals surface area contributed by atoms with E-state index in [2.05, 4.69) is 6.07 Å². The Morgan fingerprint density at radius 2 is 1.50 bits per heavy atom. The average molecular weight is 180 g/mol. The molecule has 0 aliphatic carbocycles. The van der Waals surface area contributed by atoms with Gasteiger partial charge in [0.05, 0.1) is 0 Å². The Morgan fingerprint density at radius 3 is 1.67 bits per heavy atom. The van der Waals surface area contributed by atoms with Crippen LogP contribution >= 0.6 is 0 Å². The minimum absolute atomic E-state index is 0. The Morgan fingerprint density at radius 1 is 1.17 bits per heavy atom. The second-order valence-corrected chi connectivity index (χ2v) is 1.56. The Bertz CT molecular complexity index is 183. The van der Waals surface area contributed by atoms with Crippen molar-refractivity contribution in [3.63, 3.8) is 0 Å². The topological polar surface area (TPSA) is 60.7 Å². The molecule has 0 bridgehead atoms. The average Bonchev–Trinajstić information content (AvgIpc) is 1.87. The van der Waals surface area contributed by atoms with Crippen LogP contribution in [0, 0.1) is 11.9 Å². The molecule has 0 spiro atoms. The van der Waals surface area contributed by atoms with E-state index in [1.54, 1.807) is 0 Å². The maximum Gasteiger partial charge on any atom is 1.00 e. The first kappa shape index (κ1) is 14.6. The molecule has 1 aromatic carbocycles. The van der Waals surface area contributed by atoms with Crippen molar-refractivity contribution in [1.82, 2.24) is 0 Å². The van der Waals surface area contributed by atoms with Crippen molar-refractivity contribution >= 4 is 7.32 Å². The van der Waals surface area contributed by atoms with Gasteiger partial charge in [-0.1, -0.05) is 0 Å². The molecule has 0 saturated heterocycles. The molecule has 0 radical (unpaired) electrons. The molecule has 0 heterocycles. The summed E-state index contributed by atoms with van der Waals surface area (Å²) < 4.78 is 11.9. The predicted octanol–water partition coefficient (Wildman–Crippen LogP) is -3.42. The SMILES string of the molecule is Fc1cc[c-]cc1.OB(O)O.[Na+]. The molecular weight excluding hydrogens is 173 g/mol. The molecule has 3 nitrogen and oxygen atoms in total. The van der Waals surface area contributed by atoms with Crippen LogP contribution in [0.3, 0.4) is 0 Å². The molecule has 0 amide bonds. The van der Waals surface area contributed by atoms with Crippen molar-refractivity contribution in [3.05, 3.63) is 36.1 Å². The van der Waals surface area contributed by atoms with Crippen molar-refractivity contribution in [2.75, 3.05) is 0 Å². The molecule has 1 rings (SSSR count). The van der Waals surface area contributed by atoms with Gasteiger partial charge in [0.15, 0.2) is 0 Å². The number of hydrogen-bond acceptors (Lipinski definition) is 3. The number of halogens is 1. The van der Waals surface area contributed by atoms with Crippen LogP contribution in [-0.4, -0.2) is 22.4 Å². The molecule has 0 saturated carbocycles. The standard InChI is InChI=1S/C6H4F.BH3O3.Na/c7-6-4-2-1-3-5-6;2-1(3)4;/h2-5H;2-4H;/q-1;;+1. The van der Waals surface area contributed by atoms with Crippen molar-refractivity contribution in [1.29, 1.82) is 0 Å². The molecule has 0 aromatic heterocycles. The van der Waals surface area contributed by atoms with E-state index in [-0.39, 0.29) is 35.4 Å². The first-order chi connectivity index (χ1) is 5.13. The zero-order valence-electron chi connectivity index (χ0n) is 6.61. The molecule has 6 heteroatoms. The maximum absolute atomic E-state index is 11.9. The molecular formula is C6H7BFNaO3. The fourth-order valence-electron chi connectivity index (χ4n) is 0.367. The molecule has 12 heavy (non-hydrogen) atoms. The van der Waals surface area contributed by atoms with Crippen molar-refractivity contribution in [3.8, 4) is 0 Å². The van der Waals surface area contributed by atoms with E-state index in [1.165, 1.54) is 24.3 Å². The summed E-state index contributed by atoms with van der Waals surface area (Å²) in [6.45, 7) is 0. The minimum Gasteiger partial charge on any atom is -0.402 e. The summed E-state index contributed by atoms with van der Waals surface area (Å²) in [6.07, 6.45) is 0. The third-order valence-electron chi connectivity index (χ3n) is 0.678. The van der Waals surface area contributed by atoms with Gasteiger partial charge in [-0.2, -0.15) is 18.2 Å². The Balaban J connectivity index is 0. The van der Waals surface area contributed by atoms with E-state index >= 15 is 0 Å². The molecule has 1 aromatic rings. The monoisotopic (exact) mass is 180 g/mol. The van der Waals surface area contributed by atoms with Crippen LogP contribution in [0.4, 0.5) is 4.39 Å². The van der Waals surface area contributed by atoms with Gasteiger partial charge >= 0.3 is 36.9 Å². The predicted molar refractivity (Wildman–Crippen MR) is 37.6 cm³/mol. The summed E-state index contributed by atoms with van der Waals surface area (Å²) in [5, 5.41) is 21.5. The van der Waals surface area contributed by atoms with Crippen molar-refractivity contribution in [2.45, 2.75) is 0 Å². The van der Waals surface area contributed by atoms with Gasteiger partial charge in [-0.05, 0) is 0 Å². The van der Waals surface area contributed by atoms with Crippen LogP contribution in [0.15, 0.2) is 24.3 Å². The van der Waals surface area contributed by atoms with Gasteiger partial charge in [-0.15, -0.1) is 12.1 Å². The second-order valence-electron chi connectivity index (χ2n) is 1.56. The van der Waals surface area contributed by atoms with Crippen LogP contribution in [0.1, 0.15) is 0 Å². The summed E-state index contributed by atoms with van der Waals surface area (Å²) in [7, 11) is -2.17. The zero-order valence-corrected chi connectivity index (χ0v) is 8.61. The summed E-state index contributed by atoms with van der Waals surface area (Å²) in [5.41, 5.74) is 0. The van der Waals surface area contributed by atoms with Crippen LogP contribution in [0.2, 0.25) is 0 Å². The largest absolute Gasteiger partial charge is 1.00 e. The maximum atomic E-state index is 11.9. The van der Waals surface area contributed by atoms with Gasteiger partial charge in [0, 0.05) is 5.82 Å². The third-order valence-corrected chi connectivity index (χ3v) is 0.678. The fourth-order valence-corrected chi connectivity index (χ4v) is 0.367. The minimum atomic E-state index is -2.17. The molecule has 60 valence electrons. The van der Waals surface area contributed by atoms with Crippen LogP contribution in [0.5, 0.6) is 0 Å². The number of rotatable bonds is 0. The smallest absolute Gasteiger partial charge is 0.402 e. The van der Waals surface area contributed by atoms with E-state index < -0.39 is 7.32 Å². The van der Waals surface area contributed by atoms with Gasteiger partial charge in [0.1, 0.15) is 0 Å². The third kappa shape index (κ3) is 12.7. The van der Waals surface area contributed by atoms with E-state index in [9.17, 15) is 4.39 Å². The normalized spacial score (nSPS) is 7.33. The second kappa shape index (κ2) is 9.19. The van der Waals surface area contributed by atoms with Gasteiger partial charge in [-0.25, -0.2) is 4.39 Å². The number of benzene rings is 1. The quantitative estimate of drug-likeness (QED) is 0.287. The van der Waals surface area contributed by atoms with Gasteiger partial charge < -0.3 is 15.1 Å². The van der Waals surface area contributed by atoms with Crippen LogP contribution < -0.4 is 29.6 Å². The van der Waals surface area contributed by atoms with E-state index in [1.807, 2.05) is 0 Å². The summed E-state index contributed by atoms with van der Waals surface area (Å²) in [6, 6.07) is 8.49. The first-order valence-corrected chi connectivity index (χ1v) is 2.78. The number of hydrogen-bond donors (Lipinski definition) is 3.